The van der Waals surface area contributed by atoms with Crippen molar-refractivity contribution in [3.8, 4) is 17.2 Å². The topological polar surface area (TPSA) is 466 Å². The SMILES string of the molecule is O=C(CCOC(=O)Nc1ccc(NC(=O)OCC(COC(=O)Nc2ccc(NC(=O)Oc3ccc(C(=O)OC4CCc5ccccc54)cc3)cc2)(COC(=O)Nc2ccc(NC(=O)Oc3ccc(C(=O)OC4CCc5ccccc54)cc3)cc2)COC(=O)Nc2ccc(NC(=O)Oc3ccc(C(=O)OC4CCc5ccccc54)cc3)cc2)cc1)OC(C(F)(F)F)C(F)(F)S(=O)(=O)O. The van der Waals surface area contributed by atoms with Crippen molar-refractivity contribution in [2.24, 2.45) is 5.41 Å². The van der Waals surface area contributed by atoms with Crippen molar-refractivity contribution in [1.82, 2.24) is 0 Å². The lowest BCUT2D eigenvalue weighted by atomic mass is 9.92. The Labute approximate surface area is 745 Å². The normalized spacial score (nSPS) is 14.7. The summed E-state index contributed by atoms with van der Waals surface area (Å²) in [5.74, 6) is -3.63. The molecule has 10 aromatic carbocycles. The van der Waals surface area contributed by atoms with E-state index in [-0.39, 0.29) is 79.4 Å². The quantitative estimate of drug-likeness (QED) is 0.00843. The Bertz CT molecular complexity index is 5590. The lowest BCUT2D eigenvalue weighted by molar-refractivity contribution is -0.259. The van der Waals surface area contributed by atoms with Crippen LogP contribution in [-0.2, 0) is 76.8 Å². The van der Waals surface area contributed by atoms with Gasteiger partial charge in [-0.2, -0.15) is 30.4 Å². The molecule has 0 spiro atoms. The number of hydrogen-bond acceptors (Lipinski definition) is 26. The van der Waals surface area contributed by atoms with Crippen molar-refractivity contribution in [2.45, 2.75) is 80.8 Å². The zero-order valence-corrected chi connectivity index (χ0v) is 69.6. The monoisotopic (exact) mass is 1840 g/mol. The van der Waals surface area contributed by atoms with Crippen LogP contribution in [0, 0.1) is 5.41 Å². The molecule has 0 aliphatic heterocycles. The van der Waals surface area contributed by atoms with Gasteiger partial charge in [-0.3, -0.25) is 51.9 Å². The predicted octanol–water partition coefficient (Wildman–Crippen LogP) is 18.2. The summed E-state index contributed by atoms with van der Waals surface area (Å²) in [7, 11) is -6.75. The standard InChI is InChI=1S/C91H77F5N8O27S/c92-90(93,94)80(91(95,96)132(117,118)119)131-76(105)47-48-120-81(109)97-59-22-24-60(25-23-59)98-82(110)121-49-89(50-122-83(111)99-61-26-32-64(33-27-61)102-86(114)125-67-38-13-56(14-39-67)77(106)128-73-44-19-53-7-1-4-10-70(53)73,51-123-84(112)100-62-28-34-65(35-29-62)103-87(115)126-68-40-15-57(16-41-68)78(107)129-74-45-20-54-8-2-5-11-71(54)74)52-124-85(113)101-63-30-36-66(37-31-63)104-88(116)127-69-42-17-58(18-43-69)79(108)130-75-46-21-55-9-3-6-12-72(55)75/h1-18,22-43,73-75,80H,19-21,44-52H2,(H,97,109)(H,98,110)(H,99,111)(H,100,112)(H,101,113)(H,102,114)(H,103,115)(H,104,116)(H,117,118,119). The number of anilines is 8. The van der Waals surface area contributed by atoms with Gasteiger partial charge in [-0.05, 0) is 242 Å². The second-order valence-electron chi connectivity index (χ2n) is 29.6. The summed E-state index contributed by atoms with van der Waals surface area (Å²) in [6.45, 7) is -4.93. The Morgan fingerprint density at radius 2 is 0.576 bits per heavy atom. The van der Waals surface area contributed by atoms with Crippen LogP contribution >= 0.6 is 0 Å². The molecule has 10 aromatic rings. The number of alkyl halides is 5. The van der Waals surface area contributed by atoms with Gasteiger partial charge in [0.05, 0.1) is 23.1 Å². The summed E-state index contributed by atoms with van der Waals surface area (Å²) in [5.41, 5.74) is 5.04. The van der Waals surface area contributed by atoms with Gasteiger partial charge in [-0.25, -0.2) is 52.7 Å². The van der Waals surface area contributed by atoms with Crippen LogP contribution in [0.15, 0.2) is 243 Å². The van der Waals surface area contributed by atoms with E-state index in [9.17, 15) is 87.9 Å². The molecule has 0 radical (unpaired) electrons. The number of amides is 8. The average Bonchev–Trinajstić information content (AvgIpc) is 1.25. The van der Waals surface area contributed by atoms with E-state index in [1.807, 2.05) is 72.8 Å². The number of halogens is 5. The molecule has 4 atom stereocenters. The largest absolute Gasteiger partial charge is 0.454 e. The smallest absolute Gasteiger partial charge is 0.432 e. The third kappa shape index (κ3) is 25.8. The van der Waals surface area contributed by atoms with Crippen molar-refractivity contribution < 1.29 is 149 Å². The van der Waals surface area contributed by atoms with Crippen LogP contribution in [0.1, 0.15) is 108 Å². The minimum atomic E-state index is -6.75. The molecule has 13 rings (SSSR count). The lowest BCUT2D eigenvalue weighted by Gasteiger charge is -2.31. The zero-order chi connectivity index (χ0) is 93.7. The van der Waals surface area contributed by atoms with Gasteiger partial charge in [0.15, 0.2) is 0 Å². The molecule has 3 aliphatic carbocycles. The zero-order valence-electron chi connectivity index (χ0n) is 68.7. The molecule has 0 bridgehead atoms. The fourth-order valence-electron chi connectivity index (χ4n) is 13.6. The summed E-state index contributed by atoms with van der Waals surface area (Å²) < 4.78 is 163. The van der Waals surface area contributed by atoms with Crippen LogP contribution in [0.4, 0.5) is 106 Å². The van der Waals surface area contributed by atoms with Crippen LogP contribution in [0.25, 0.3) is 0 Å². The highest BCUT2D eigenvalue weighted by molar-refractivity contribution is 7.86. The van der Waals surface area contributed by atoms with E-state index in [1.54, 1.807) is 0 Å². The number of carbonyl (C=O) groups is 12. The van der Waals surface area contributed by atoms with Crippen molar-refractivity contribution in [1.29, 1.82) is 0 Å². The minimum Gasteiger partial charge on any atom is -0.454 e. The number of carbonyl (C=O) groups excluding carboxylic acids is 12. The molecule has 0 saturated heterocycles. The number of hydrogen-bond donors (Lipinski definition) is 9. The molecule has 0 aromatic heterocycles. The van der Waals surface area contributed by atoms with E-state index < -0.39 is 163 Å². The van der Waals surface area contributed by atoms with Crippen LogP contribution in [-0.4, -0.2) is 136 Å². The lowest BCUT2D eigenvalue weighted by Crippen LogP contribution is -2.52. The highest BCUT2D eigenvalue weighted by Crippen LogP contribution is 2.41. The van der Waals surface area contributed by atoms with E-state index >= 15 is 0 Å². The highest BCUT2D eigenvalue weighted by Gasteiger charge is 2.66. The van der Waals surface area contributed by atoms with Gasteiger partial charge < -0.3 is 56.8 Å². The van der Waals surface area contributed by atoms with E-state index in [0.29, 0.717) is 19.3 Å². The van der Waals surface area contributed by atoms with Gasteiger partial charge in [-0.15, -0.1) is 0 Å². The summed E-state index contributed by atoms with van der Waals surface area (Å²) in [4.78, 5) is 159. The first-order valence-corrected chi connectivity index (χ1v) is 41.5. The molecule has 3 aliphatic rings. The molecule has 8 amide bonds. The maximum absolute atomic E-state index is 14.0. The van der Waals surface area contributed by atoms with Crippen molar-refractivity contribution in [3.63, 3.8) is 0 Å². The highest BCUT2D eigenvalue weighted by atomic mass is 32.2. The molecule has 9 N–H and O–H groups in total. The Kier molecular flexibility index (Phi) is 29.8. The molecular formula is C91H77F5N8O27S. The van der Waals surface area contributed by atoms with Crippen LogP contribution in [0.2, 0.25) is 0 Å². The average molecular weight is 1840 g/mol. The first kappa shape index (κ1) is 93.4. The molecule has 684 valence electrons. The second-order valence-corrected chi connectivity index (χ2v) is 31.1. The molecule has 4 unspecified atom stereocenters. The molecule has 0 saturated carbocycles. The first-order valence-electron chi connectivity index (χ1n) is 40.0. The number of rotatable bonds is 31. The maximum atomic E-state index is 14.0. The Morgan fingerprint density at radius 1 is 0.333 bits per heavy atom. The number of aryl methyl sites for hydroxylation is 3. The number of esters is 4. The summed E-state index contributed by atoms with van der Waals surface area (Å²) in [6.07, 6.45) is -18.5. The molecular weight excluding hydrogens is 1760 g/mol. The van der Waals surface area contributed by atoms with Gasteiger partial charge in [-0.1, -0.05) is 72.8 Å². The van der Waals surface area contributed by atoms with Gasteiger partial charge in [0, 0.05) is 45.5 Å². The minimum absolute atomic E-state index is 0.0512. The Balaban J connectivity index is 0.664. The van der Waals surface area contributed by atoms with Crippen molar-refractivity contribution in [2.75, 3.05) is 75.6 Å². The van der Waals surface area contributed by atoms with Crippen molar-refractivity contribution >= 4 is 128 Å². The van der Waals surface area contributed by atoms with Crippen LogP contribution in [0.5, 0.6) is 17.2 Å². The Hall–Kier alpha value is -16.2. The second kappa shape index (κ2) is 42.2. The van der Waals surface area contributed by atoms with E-state index in [4.69, 9.17) is 56.7 Å². The molecule has 132 heavy (non-hydrogen) atoms. The van der Waals surface area contributed by atoms with Gasteiger partial charge in [0.2, 0.25) is 0 Å². The summed E-state index contributed by atoms with van der Waals surface area (Å²) in [6, 6.07) is 60.8. The first-order chi connectivity index (χ1) is 63.2. The molecule has 0 heterocycles. The van der Waals surface area contributed by atoms with Crippen LogP contribution < -0.4 is 56.7 Å². The van der Waals surface area contributed by atoms with Crippen LogP contribution in [0.3, 0.4) is 0 Å². The molecule has 41 heteroatoms. The number of benzene rings is 10. The fraction of sp³-hybridized carbons (Fsp3) is 0.209. The third-order valence-corrected chi connectivity index (χ3v) is 21.1. The molecule has 0 fully saturated rings. The van der Waals surface area contributed by atoms with Gasteiger partial charge in [0.1, 0.15) is 74.0 Å². The van der Waals surface area contributed by atoms with E-state index in [1.165, 1.54) is 146 Å². The number of fused-ring (bicyclic) bond motifs is 3. The summed E-state index contributed by atoms with van der Waals surface area (Å²) >= 11 is 0. The third-order valence-electron chi connectivity index (χ3n) is 20.2. The predicted molar refractivity (Wildman–Crippen MR) is 457 cm³/mol. The maximum Gasteiger partial charge on any atom is 0.432 e. The molecule has 35 nitrogen and oxygen atoms in total. The van der Waals surface area contributed by atoms with E-state index in [2.05, 4.69) is 47.3 Å². The number of ether oxygens (including phenoxy) is 12. The van der Waals surface area contributed by atoms with Gasteiger partial charge >= 0.3 is 94.2 Å². The van der Waals surface area contributed by atoms with Gasteiger partial charge in [0.25, 0.3) is 6.10 Å². The number of nitrogens with one attached hydrogen (secondary N) is 8. The summed E-state index contributed by atoms with van der Waals surface area (Å²) in [5, 5.41) is 13.5. The fourth-order valence-corrected chi connectivity index (χ4v) is 14.0. The van der Waals surface area contributed by atoms with Crippen molar-refractivity contribution in [3.05, 3.63) is 293 Å². The Morgan fingerprint density at radius 3 is 0.826 bits per heavy atom. The van der Waals surface area contributed by atoms with E-state index in [0.717, 1.165) is 76.9 Å².